The van der Waals surface area contributed by atoms with Gasteiger partial charge in [0.1, 0.15) is 5.75 Å². The van der Waals surface area contributed by atoms with E-state index in [2.05, 4.69) is 4.90 Å². The molecule has 1 saturated heterocycles. The molecular formula is C27H31ClN2O4S. The fourth-order valence-corrected chi connectivity index (χ4v) is 5.95. The van der Waals surface area contributed by atoms with E-state index in [0.29, 0.717) is 44.4 Å². The van der Waals surface area contributed by atoms with E-state index in [-0.39, 0.29) is 11.9 Å². The molecule has 4 rings (SSSR count). The highest BCUT2D eigenvalue weighted by Crippen LogP contribution is 2.26. The summed E-state index contributed by atoms with van der Waals surface area (Å²) in [5, 5.41) is 0.678. The maximum atomic E-state index is 12.9. The molecule has 0 N–H and O–H groups in total. The van der Waals surface area contributed by atoms with E-state index in [9.17, 15) is 8.42 Å². The highest BCUT2D eigenvalue weighted by molar-refractivity contribution is 7.88. The number of piperazine rings is 1. The number of rotatable bonds is 10. The minimum Gasteiger partial charge on any atom is -0.497 e. The SMILES string of the molecule is COc1cccc(C(CN2CCN(S(=O)(=O)Cc3ccccc3)CC2)OCc2cccc(Cl)c2)c1. The van der Waals surface area contributed by atoms with Crippen LogP contribution in [0.15, 0.2) is 78.9 Å². The quantitative estimate of drug-likeness (QED) is 0.390. The van der Waals surface area contributed by atoms with Crippen molar-refractivity contribution in [3.05, 3.63) is 101 Å². The van der Waals surface area contributed by atoms with Gasteiger partial charge in [0.15, 0.2) is 0 Å². The molecule has 1 aliphatic rings. The highest BCUT2D eigenvalue weighted by atomic mass is 35.5. The molecule has 1 aliphatic heterocycles. The van der Waals surface area contributed by atoms with Crippen LogP contribution in [0.25, 0.3) is 0 Å². The Morgan fingerprint density at radius 3 is 2.31 bits per heavy atom. The average Bonchev–Trinajstić information content (AvgIpc) is 2.87. The molecule has 0 bridgehead atoms. The molecule has 1 fully saturated rings. The van der Waals surface area contributed by atoms with E-state index in [1.54, 1.807) is 11.4 Å². The molecule has 0 aromatic heterocycles. The lowest BCUT2D eigenvalue weighted by Gasteiger charge is -2.36. The summed E-state index contributed by atoms with van der Waals surface area (Å²) in [5.74, 6) is 0.805. The Kier molecular flexibility index (Phi) is 8.81. The first kappa shape index (κ1) is 25.7. The Morgan fingerprint density at radius 2 is 1.60 bits per heavy atom. The van der Waals surface area contributed by atoms with Crippen LogP contribution in [0, 0.1) is 0 Å². The molecule has 35 heavy (non-hydrogen) atoms. The average molecular weight is 515 g/mol. The van der Waals surface area contributed by atoms with Crippen molar-refractivity contribution in [2.45, 2.75) is 18.5 Å². The van der Waals surface area contributed by atoms with E-state index in [4.69, 9.17) is 21.1 Å². The van der Waals surface area contributed by atoms with Gasteiger partial charge in [-0.3, -0.25) is 4.90 Å². The molecule has 0 amide bonds. The van der Waals surface area contributed by atoms with Crippen LogP contribution in [0.4, 0.5) is 0 Å². The van der Waals surface area contributed by atoms with Crippen LogP contribution in [0.5, 0.6) is 5.75 Å². The minimum atomic E-state index is -3.35. The van der Waals surface area contributed by atoms with Gasteiger partial charge in [0.25, 0.3) is 0 Å². The number of hydrogen-bond acceptors (Lipinski definition) is 5. The second kappa shape index (κ2) is 12.0. The number of methoxy groups -OCH3 is 1. The summed E-state index contributed by atoms with van der Waals surface area (Å²) in [6.07, 6.45) is -0.198. The fraction of sp³-hybridized carbons (Fsp3) is 0.333. The molecule has 3 aromatic carbocycles. The normalized spacial score (nSPS) is 16.2. The third-order valence-corrected chi connectivity index (χ3v) is 8.23. The molecule has 0 radical (unpaired) electrons. The van der Waals surface area contributed by atoms with E-state index in [1.165, 1.54) is 0 Å². The monoisotopic (exact) mass is 514 g/mol. The molecule has 0 spiro atoms. The third kappa shape index (κ3) is 7.29. The Balaban J connectivity index is 1.40. The summed E-state index contributed by atoms with van der Waals surface area (Å²) >= 11 is 6.14. The van der Waals surface area contributed by atoms with Gasteiger partial charge in [0, 0.05) is 37.7 Å². The predicted octanol–water partition coefficient (Wildman–Crippen LogP) is 4.75. The van der Waals surface area contributed by atoms with Crippen LogP contribution in [-0.2, 0) is 27.1 Å². The second-order valence-electron chi connectivity index (χ2n) is 8.65. The maximum Gasteiger partial charge on any atom is 0.218 e. The van der Waals surface area contributed by atoms with Crippen LogP contribution < -0.4 is 4.74 Å². The Bertz CT molecular complexity index is 1200. The number of sulfonamides is 1. The van der Waals surface area contributed by atoms with Crippen molar-refractivity contribution in [2.75, 3.05) is 39.8 Å². The lowest BCUT2D eigenvalue weighted by atomic mass is 10.1. The topological polar surface area (TPSA) is 59.1 Å². The number of halogens is 1. The summed E-state index contributed by atoms with van der Waals surface area (Å²) in [5.41, 5.74) is 2.83. The van der Waals surface area contributed by atoms with Gasteiger partial charge in [0.05, 0.1) is 25.6 Å². The first-order chi connectivity index (χ1) is 16.9. The second-order valence-corrected chi connectivity index (χ2v) is 11.1. The summed E-state index contributed by atoms with van der Waals surface area (Å²) < 4.78 is 39.2. The van der Waals surface area contributed by atoms with Crippen LogP contribution in [-0.4, -0.2) is 57.5 Å². The number of nitrogens with zero attached hydrogens (tertiary/aromatic N) is 2. The highest BCUT2D eigenvalue weighted by Gasteiger charge is 2.28. The van der Waals surface area contributed by atoms with Gasteiger partial charge in [-0.15, -0.1) is 0 Å². The minimum absolute atomic E-state index is 0.0308. The Labute approximate surface area is 213 Å². The summed E-state index contributed by atoms with van der Waals surface area (Å²) in [6.45, 7) is 3.31. The standard InChI is InChI=1S/C27H31ClN2O4S/c1-33-26-12-6-10-24(18-26)27(34-20-23-9-5-11-25(28)17-23)19-29-13-15-30(16-14-29)35(31,32)21-22-7-3-2-4-8-22/h2-12,17-18,27H,13-16,19-21H2,1H3. The van der Waals surface area contributed by atoms with Crippen molar-refractivity contribution >= 4 is 21.6 Å². The number of hydrogen-bond donors (Lipinski definition) is 0. The molecule has 1 unspecified atom stereocenters. The molecule has 186 valence electrons. The summed E-state index contributed by atoms with van der Waals surface area (Å²) in [4.78, 5) is 2.26. The van der Waals surface area contributed by atoms with Gasteiger partial charge in [-0.05, 0) is 41.0 Å². The van der Waals surface area contributed by atoms with Crippen LogP contribution in [0.3, 0.4) is 0 Å². The van der Waals surface area contributed by atoms with Gasteiger partial charge >= 0.3 is 0 Å². The van der Waals surface area contributed by atoms with Crippen LogP contribution >= 0.6 is 11.6 Å². The van der Waals surface area contributed by atoms with Crippen molar-refractivity contribution in [2.24, 2.45) is 0 Å². The lowest BCUT2D eigenvalue weighted by molar-refractivity contribution is 0.00762. The number of benzene rings is 3. The van der Waals surface area contributed by atoms with E-state index in [0.717, 1.165) is 22.4 Å². The van der Waals surface area contributed by atoms with Gasteiger partial charge in [-0.1, -0.05) is 66.2 Å². The third-order valence-electron chi connectivity index (χ3n) is 6.15. The zero-order valence-electron chi connectivity index (χ0n) is 19.8. The fourth-order valence-electron chi connectivity index (χ4n) is 4.22. The molecule has 1 atom stereocenters. The molecule has 0 saturated carbocycles. The molecule has 6 nitrogen and oxygen atoms in total. The van der Waals surface area contributed by atoms with Gasteiger partial charge < -0.3 is 9.47 Å². The smallest absolute Gasteiger partial charge is 0.218 e. The van der Waals surface area contributed by atoms with Crippen molar-refractivity contribution in [3.8, 4) is 5.75 Å². The first-order valence-corrected chi connectivity index (χ1v) is 13.7. The van der Waals surface area contributed by atoms with Crippen LogP contribution in [0.1, 0.15) is 22.8 Å². The van der Waals surface area contributed by atoms with Crippen molar-refractivity contribution in [3.63, 3.8) is 0 Å². The van der Waals surface area contributed by atoms with E-state index in [1.807, 2.05) is 78.9 Å². The van der Waals surface area contributed by atoms with Gasteiger partial charge in [-0.2, -0.15) is 4.31 Å². The zero-order chi connectivity index (χ0) is 24.7. The van der Waals surface area contributed by atoms with Crippen molar-refractivity contribution in [1.29, 1.82) is 0 Å². The molecular weight excluding hydrogens is 484 g/mol. The molecule has 0 aliphatic carbocycles. The molecule has 3 aromatic rings. The molecule has 1 heterocycles. The van der Waals surface area contributed by atoms with E-state index < -0.39 is 10.0 Å². The lowest BCUT2D eigenvalue weighted by Crippen LogP contribution is -2.49. The van der Waals surface area contributed by atoms with Crippen molar-refractivity contribution < 1.29 is 17.9 Å². The maximum absolute atomic E-state index is 12.9. The summed E-state index contributed by atoms with van der Waals surface area (Å²) in [7, 11) is -1.70. The zero-order valence-corrected chi connectivity index (χ0v) is 21.4. The largest absolute Gasteiger partial charge is 0.497 e. The van der Waals surface area contributed by atoms with Gasteiger partial charge in [-0.25, -0.2) is 8.42 Å². The summed E-state index contributed by atoms with van der Waals surface area (Å²) in [6, 6.07) is 24.9. The van der Waals surface area contributed by atoms with Gasteiger partial charge in [0.2, 0.25) is 10.0 Å². The Morgan fingerprint density at radius 1 is 0.886 bits per heavy atom. The predicted molar refractivity (Wildman–Crippen MR) is 139 cm³/mol. The van der Waals surface area contributed by atoms with E-state index >= 15 is 0 Å². The molecule has 8 heteroatoms. The van der Waals surface area contributed by atoms with Crippen LogP contribution in [0.2, 0.25) is 5.02 Å². The first-order valence-electron chi connectivity index (χ1n) is 11.7. The van der Waals surface area contributed by atoms with Crippen molar-refractivity contribution in [1.82, 2.24) is 9.21 Å². The Hall–Kier alpha value is -2.42. The number of ether oxygens (including phenoxy) is 2.